The van der Waals surface area contributed by atoms with Crippen LogP contribution in [0.2, 0.25) is 13.1 Å². The van der Waals surface area contributed by atoms with E-state index in [2.05, 4.69) is 52.1 Å². The molecule has 0 atom stereocenters. The first-order valence-electron chi connectivity index (χ1n) is 11.8. The SMILES string of the molecule is C[Si]C.Cc1c(C)c(C)c(C2=CC=CC2)c(C([NH-])=O)c1C.Cc1cc[c-]cc1.Cc1cc[c-]cc1.[Ti+3]. The molecule has 1 amide bonds. The molecule has 0 fully saturated rings. The van der Waals surface area contributed by atoms with Gasteiger partial charge in [0.05, 0.1) is 5.91 Å². The van der Waals surface area contributed by atoms with Gasteiger partial charge in [0.25, 0.3) is 0 Å². The van der Waals surface area contributed by atoms with Crippen molar-refractivity contribution in [2.45, 2.75) is 61.1 Å². The van der Waals surface area contributed by atoms with Gasteiger partial charge in [-0.15, -0.1) is 0 Å². The second-order valence-corrected chi connectivity index (χ2v) is 9.56. The number of hydrogen-bond donors (Lipinski definition) is 0. The molecule has 4 heteroatoms. The predicted molar refractivity (Wildman–Crippen MR) is 153 cm³/mol. The van der Waals surface area contributed by atoms with E-state index < -0.39 is 5.91 Å². The van der Waals surface area contributed by atoms with Gasteiger partial charge < -0.3 is 10.5 Å². The van der Waals surface area contributed by atoms with Crippen LogP contribution >= 0.6 is 0 Å². The fourth-order valence-corrected chi connectivity index (χ4v) is 3.57. The normalized spacial score (nSPS) is 10.8. The van der Waals surface area contributed by atoms with E-state index in [4.69, 9.17) is 5.73 Å². The summed E-state index contributed by atoms with van der Waals surface area (Å²) in [6, 6.07) is 21.6. The molecule has 3 aromatic rings. The molecular formula is C32H38NOSiTi. The predicted octanol–water partition coefficient (Wildman–Crippen LogP) is 8.83. The van der Waals surface area contributed by atoms with Crippen LogP contribution in [-0.4, -0.2) is 15.4 Å². The van der Waals surface area contributed by atoms with Gasteiger partial charge in [0, 0.05) is 15.1 Å². The largest absolute Gasteiger partial charge is 3.00 e. The molecule has 1 N–H and O–H groups in total. The molecule has 0 aliphatic heterocycles. The Morgan fingerprint density at radius 1 is 0.778 bits per heavy atom. The van der Waals surface area contributed by atoms with E-state index in [1.165, 1.54) is 16.7 Å². The van der Waals surface area contributed by atoms with Crippen molar-refractivity contribution >= 4 is 21.0 Å². The van der Waals surface area contributed by atoms with E-state index in [1.54, 1.807) is 0 Å². The zero-order chi connectivity index (χ0) is 26.4. The molecule has 0 bridgehead atoms. The van der Waals surface area contributed by atoms with Crippen molar-refractivity contribution in [3.63, 3.8) is 0 Å². The first kappa shape index (κ1) is 33.5. The van der Waals surface area contributed by atoms with Gasteiger partial charge in [-0.25, -0.2) is 0 Å². The van der Waals surface area contributed by atoms with Gasteiger partial charge in [0.1, 0.15) is 0 Å². The molecule has 185 valence electrons. The Hall–Kier alpha value is -2.46. The molecule has 3 radical (unpaired) electrons. The van der Waals surface area contributed by atoms with E-state index in [1.807, 2.05) is 81.5 Å². The number of amides is 1. The van der Waals surface area contributed by atoms with Crippen LogP contribution in [0.15, 0.2) is 66.8 Å². The quantitative estimate of drug-likeness (QED) is 0.242. The minimum Gasteiger partial charge on any atom is -0.664 e. The van der Waals surface area contributed by atoms with Crippen LogP contribution in [0.1, 0.15) is 55.7 Å². The minimum atomic E-state index is -0.582. The van der Waals surface area contributed by atoms with Crippen LogP contribution in [0.4, 0.5) is 0 Å². The summed E-state index contributed by atoms with van der Waals surface area (Å²) >= 11 is 0. The number of benzene rings is 3. The number of nitrogens with one attached hydrogen (secondary N) is 1. The van der Waals surface area contributed by atoms with Gasteiger partial charge >= 0.3 is 21.7 Å². The number of rotatable bonds is 2. The van der Waals surface area contributed by atoms with E-state index >= 15 is 0 Å². The molecule has 0 aromatic heterocycles. The Balaban J connectivity index is 0.000000560. The standard InChI is InChI=1S/C16H19NO.2C7H7.C2H6Si.Ti/c1-9-10(2)12(4)15(16(17)18)14(11(9)3)13-7-5-6-8-13;2*1-7-5-3-2-4-6-7;1-3-2;/h5-7H,8H2,1-4H3,(H2,17,18);2*3-6H,1H3;1-2H3;/q;2*-1;;+3/p-1. The second kappa shape index (κ2) is 17.9. The summed E-state index contributed by atoms with van der Waals surface area (Å²) in [6.45, 7) is 16.5. The molecule has 3 aromatic carbocycles. The second-order valence-electron chi connectivity index (χ2n) is 8.56. The molecule has 4 rings (SSSR count). The third-order valence-electron chi connectivity index (χ3n) is 5.78. The van der Waals surface area contributed by atoms with E-state index in [9.17, 15) is 4.79 Å². The Morgan fingerprint density at radius 3 is 1.50 bits per heavy atom. The number of allylic oxidation sites excluding steroid dienone is 4. The monoisotopic (exact) mass is 528 g/mol. The molecule has 0 heterocycles. The molecule has 1 aliphatic rings. The summed E-state index contributed by atoms with van der Waals surface area (Å²) in [6.07, 6.45) is 6.99. The molecule has 0 unspecified atom stereocenters. The number of hydrogen-bond acceptors (Lipinski definition) is 1. The van der Waals surface area contributed by atoms with Gasteiger partial charge in [-0.1, -0.05) is 45.2 Å². The molecule has 0 saturated heterocycles. The Kier molecular flexibility index (Phi) is 16.7. The number of carbonyl (C=O) groups is 1. The summed E-state index contributed by atoms with van der Waals surface area (Å²) in [7, 11) is 1.08. The molecule has 0 saturated carbocycles. The van der Waals surface area contributed by atoms with Crippen LogP contribution in [0, 0.1) is 53.7 Å². The zero-order valence-corrected chi connectivity index (χ0v) is 25.5. The fourth-order valence-electron chi connectivity index (χ4n) is 3.57. The van der Waals surface area contributed by atoms with Crippen LogP contribution in [0.25, 0.3) is 11.3 Å². The maximum Gasteiger partial charge on any atom is 3.00 e. The average Bonchev–Trinajstić information content (AvgIpc) is 3.36. The van der Waals surface area contributed by atoms with Crippen molar-refractivity contribution in [3.05, 3.63) is 129 Å². The smallest absolute Gasteiger partial charge is 0.664 e. The first-order chi connectivity index (χ1) is 16.6. The van der Waals surface area contributed by atoms with Crippen LogP contribution in [0.3, 0.4) is 0 Å². The van der Waals surface area contributed by atoms with Gasteiger partial charge in [0.15, 0.2) is 0 Å². The number of aryl methyl sites for hydroxylation is 2. The van der Waals surface area contributed by atoms with Crippen molar-refractivity contribution < 1.29 is 26.5 Å². The van der Waals surface area contributed by atoms with Gasteiger partial charge in [-0.05, 0) is 67.5 Å². The molecular weight excluding hydrogens is 490 g/mol. The third-order valence-corrected chi connectivity index (χ3v) is 5.78. The van der Waals surface area contributed by atoms with Gasteiger partial charge in [-0.3, -0.25) is 0 Å². The van der Waals surface area contributed by atoms with Crippen molar-refractivity contribution in [3.8, 4) is 0 Å². The van der Waals surface area contributed by atoms with Crippen LogP contribution < -0.4 is 0 Å². The third kappa shape index (κ3) is 10.7. The molecule has 36 heavy (non-hydrogen) atoms. The van der Waals surface area contributed by atoms with Crippen molar-refractivity contribution in [2.75, 3.05) is 0 Å². The van der Waals surface area contributed by atoms with Crippen LogP contribution in [-0.2, 0) is 21.7 Å². The van der Waals surface area contributed by atoms with Crippen molar-refractivity contribution in [2.24, 2.45) is 0 Å². The maximum atomic E-state index is 11.7. The van der Waals surface area contributed by atoms with Gasteiger partial charge in [0.2, 0.25) is 0 Å². The summed E-state index contributed by atoms with van der Waals surface area (Å²) in [5, 5.41) is 0. The first-order valence-corrected chi connectivity index (χ1v) is 13.8. The fraction of sp³-hybridized carbons (Fsp3) is 0.281. The summed E-state index contributed by atoms with van der Waals surface area (Å²) < 4.78 is 0. The van der Waals surface area contributed by atoms with Crippen molar-refractivity contribution in [1.29, 1.82) is 0 Å². The molecule has 2 nitrogen and oxygen atoms in total. The summed E-state index contributed by atoms with van der Waals surface area (Å²) in [5.74, 6) is -0.582. The van der Waals surface area contributed by atoms with Crippen molar-refractivity contribution in [1.82, 2.24) is 0 Å². The minimum absolute atomic E-state index is 0. The van der Waals surface area contributed by atoms with E-state index in [0.717, 1.165) is 43.8 Å². The van der Waals surface area contributed by atoms with E-state index in [-0.39, 0.29) is 21.7 Å². The maximum absolute atomic E-state index is 11.7. The Bertz CT molecular complexity index is 1100. The van der Waals surface area contributed by atoms with Gasteiger partial charge in [-0.2, -0.15) is 71.8 Å². The Labute approximate surface area is 236 Å². The molecule has 0 spiro atoms. The van der Waals surface area contributed by atoms with Crippen LogP contribution in [0.5, 0.6) is 0 Å². The van der Waals surface area contributed by atoms with E-state index in [0.29, 0.717) is 5.56 Å². The number of carbonyl (C=O) groups excluding carboxylic acids is 1. The summed E-state index contributed by atoms with van der Waals surface area (Å²) in [4.78, 5) is 11.7. The zero-order valence-electron chi connectivity index (χ0n) is 23.0. The topological polar surface area (TPSA) is 40.9 Å². The average molecular weight is 529 g/mol. The Morgan fingerprint density at radius 2 is 1.19 bits per heavy atom. The summed E-state index contributed by atoms with van der Waals surface area (Å²) in [5.41, 5.74) is 17.2. The molecule has 1 aliphatic carbocycles.